The van der Waals surface area contributed by atoms with E-state index in [0.29, 0.717) is 24.7 Å². The van der Waals surface area contributed by atoms with Gasteiger partial charge >= 0.3 is 0 Å². The van der Waals surface area contributed by atoms with E-state index in [4.69, 9.17) is 0 Å². The molecule has 7 nitrogen and oxygen atoms in total. The minimum absolute atomic E-state index is 0.425. The van der Waals surface area contributed by atoms with Gasteiger partial charge in [-0.2, -0.15) is 5.21 Å². The van der Waals surface area contributed by atoms with E-state index in [1.165, 1.54) is 5.56 Å². The first-order chi connectivity index (χ1) is 10.3. The van der Waals surface area contributed by atoms with Gasteiger partial charge in [0.1, 0.15) is 0 Å². The monoisotopic (exact) mass is 283 g/mol. The molecule has 0 saturated heterocycles. The number of nitrogens with zero attached hydrogens (tertiary/aromatic N) is 6. The summed E-state index contributed by atoms with van der Waals surface area (Å²) in [6.45, 7) is 2.90. The number of benzene rings is 1. The maximum Gasteiger partial charge on any atom is 0.176 e. The Morgan fingerprint density at radius 1 is 1.19 bits per heavy atom. The van der Waals surface area contributed by atoms with E-state index in [1.807, 2.05) is 16.9 Å². The summed E-state index contributed by atoms with van der Waals surface area (Å²) in [7, 11) is 0. The van der Waals surface area contributed by atoms with Crippen LogP contribution in [0.5, 0.6) is 0 Å². The maximum atomic E-state index is 4.23. The Morgan fingerprint density at radius 2 is 2.05 bits per heavy atom. The van der Waals surface area contributed by atoms with Crippen molar-refractivity contribution in [2.45, 2.75) is 32.2 Å². The molecule has 0 aliphatic carbocycles. The van der Waals surface area contributed by atoms with Crippen molar-refractivity contribution in [1.29, 1.82) is 0 Å². The summed E-state index contributed by atoms with van der Waals surface area (Å²) >= 11 is 0. The Bertz CT molecular complexity index is 660. The Labute approximate surface area is 122 Å². The van der Waals surface area contributed by atoms with Crippen LogP contribution in [-0.2, 0) is 19.4 Å². The fraction of sp³-hybridized carbons (Fsp3) is 0.357. The molecule has 3 rings (SSSR count). The van der Waals surface area contributed by atoms with E-state index in [0.717, 1.165) is 12.1 Å². The lowest BCUT2D eigenvalue weighted by molar-refractivity contribution is 0.577. The quantitative estimate of drug-likeness (QED) is 0.738. The zero-order valence-electron chi connectivity index (χ0n) is 11.8. The van der Waals surface area contributed by atoms with Crippen LogP contribution < -0.4 is 0 Å². The molecule has 0 spiro atoms. The van der Waals surface area contributed by atoms with Gasteiger partial charge in [0.15, 0.2) is 5.82 Å². The second kappa shape index (κ2) is 6.25. The lowest BCUT2D eigenvalue weighted by atomic mass is 9.97. The first kappa shape index (κ1) is 13.4. The van der Waals surface area contributed by atoms with Crippen molar-refractivity contribution < 1.29 is 0 Å². The minimum atomic E-state index is 0.425. The highest BCUT2D eigenvalue weighted by Crippen LogP contribution is 2.18. The summed E-state index contributed by atoms with van der Waals surface area (Å²) < 4.78 is 1.82. The second-order valence-corrected chi connectivity index (χ2v) is 5.07. The average molecular weight is 283 g/mol. The Kier molecular flexibility index (Phi) is 3.99. The fourth-order valence-electron chi connectivity index (χ4n) is 2.26. The van der Waals surface area contributed by atoms with Crippen molar-refractivity contribution in [2.75, 3.05) is 0 Å². The number of H-pyrrole nitrogens is 1. The van der Waals surface area contributed by atoms with Crippen LogP contribution in [0.3, 0.4) is 0 Å². The number of aryl methyl sites for hydroxylation is 2. The highest BCUT2D eigenvalue weighted by Gasteiger charge is 2.09. The maximum absolute atomic E-state index is 4.23. The van der Waals surface area contributed by atoms with E-state index in [-0.39, 0.29) is 0 Å². The number of hydrogen-bond donors (Lipinski definition) is 1. The topological polar surface area (TPSA) is 85.2 Å². The number of hydrogen-bond acceptors (Lipinski definition) is 5. The van der Waals surface area contributed by atoms with Gasteiger partial charge in [-0.3, -0.25) is 4.68 Å². The third-order valence-corrected chi connectivity index (χ3v) is 3.42. The van der Waals surface area contributed by atoms with Crippen LogP contribution in [0.25, 0.3) is 0 Å². The third-order valence-electron chi connectivity index (χ3n) is 3.42. The molecule has 7 heteroatoms. The van der Waals surface area contributed by atoms with Crippen molar-refractivity contribution in [1.82, 2.24) is 35.6 Å². The number of nitrogens with one attached hydrogen (secondary N) is 1. The van der Waals surface area contributed by atoms with Crippen molar-refractivity contribution in [3.8, 4) is 0 Å². The molecule has 2 aromatic heterocycles. The van der Waals surface area contributed by atoms with Crippen molar-refractivity contribution >= 4 is 0 Å². The first-order valence-corrected chi connectivity index (χ1v) is 6.97. The fourth-order valence-corrected chi connectivity index (χ4v) is 2.26. The van der Waals surface area contributed by atoms with E-state index in [2.05, 4.69) is 62.1 Å². The molecule has 0 aliphatic rings. The van der Waals surface area contributed by atoms with Gasteiger partial charge in [-0.25, -0.2) is 0 Å². The largest absolute Gasteiger partial charge is 0.252 e. The van der Waals surface area contributed by atoms with Crippen molar-refractivity contribution in [3.63, 3.8) is 0 Å². The van der Waals surface area contributed by atoms with Gasteiger partial charge in [0.05, 0.1) is 5.69 Å². The lowest BCUT2D eigenvalue weighted by Crippen LogP contribution is -2.03. The predicted molar refractivity (Wildman–Crippen MR) is 76.5 cm³/mol. The molecule has 0 saturated carbocycles. The first-order valence-electron chi connectivity index (χ1n) is 6.97. The normalized spacial score (nSPS) is 12.4. The van der Waals surface area contributed by atoms with Crippen LogP contribution in [0.15, 0.2) is 36.5 Å². The molecular formula is C14H17N7. The summed E-state index contributed by atoms with van der Waals surface area (Å²) in [5.41, 5.74) is 2.32. The molecule has 0 amide bonds. The van der Waals surface area contributed by atoms with Gasteiger partial charge in [0, 0.05) is 19.2 Å². The summed E-state index contributed by atoms with van der Waals surface area (Å²) in [6, 6.07) is 10.4. The van der Waals surface area contributed by atoms with E-state index < -0.39 is 0 Å². The van der Waals surface area contributed by atoms with E-state index in [9.17, 15) is 0 Å². The Hall–Kier alpha value is -2.57. The van der Waals surface area contributed by atoms with Gasteiger partial charge < -0.3 is 0 Å². The van der Waals surface area contributed by atoms with Crippen LogP contribution in [-0.4, -0.2) is 35.6 Å². The summed E-state index contributed by atoms with van der Waals surface area (Å²) in [4.78, 5) is 0. The van der Waals surface area contributed by atoms with Crippen LogP contribution in [0, 0.1) is 0 Å². The summed E-state index contributed by atoms with van der Waals surface area (Å²) in [5.74, 6) is 1.11. The minimum Gasteiger partial charge on any atom is -0.252 e. The second-order valence-electron chi connectivity index (χ2n) is 5.07. The molecule has 0 bridgehead atoms. The smallest absolute Gasteiger partial charge is 0.176 e. The summed E-state index contributed by atoms with van der Waals surface area (Å²) in [5, 5.41) is 22.2. The average Bonchev–Trinajstić information content (AvgIpc) is 3.17. The Balaban J connectivity index is 1.57. The van der Waals surface area contributed by atoms with Gasteiger partial charge in [-0.05, 0) is 17.9 Å². The number of tetrazole rings is 1. The molecule has 1 unspecified atom stereocenters. The number of aromatic amines is 1. The highest BCUT2D eigenvalue weighted by molar-refractivity contribution is 5.20. The molecule has 108 valence electrons. The van der Waals surface area contributed by atoms with Gasteiger partial charge in [-0.1, -0.05) is 47.7 Å². The van der Waals surface area contributed by atoms with E-state index in [1.54, 1.807) is 0 Å². The van der Waals surface area contributed by atoms with Crippen LogP contribution in [0.4, 0.5) is 0 Å². The Morgan fingerprint density at radius 3 is 2.81 bits per heavy atom. The van der Waals surface area contributed by atoms with Crippen molar-refractivity contribution in [3.05, 3.63) is 53.6 Å². The highest BCUT2D eigenvalue weighted by atomic mass is 15.5. The van der Waals surface area contributed by atoms with Crippen LogP contribution in [0.1, 0.15) is 29.9 Å². The number of rotatable bonds is 6. The van der Waals surface area contributed by atoms with Gasteiger partial charge in [0.2, 0.25) is 0 Å². The van der Waals surface area contributed by atoms with Crippen LogP contribution >= 0.6 is 0 Å². The zero-order valence-corrected chi connectivity index (χ0v) is 11.8. The molecule has 0 fully saturated rings. The molecule has 3 aromatic rings. The molecule has 0 radical (unpaired) electrons. The molecule has 21 heavy (non-hydrogen) atoms. The van der Waals surface area contributed by atoms with E-state index >= 15 is 0 Å². The number of aromatic nitrogens is 7. The molecule has 0 aliphatic heterocycles. The zero-order chi connectivity index (χ0) is 14.5. The molecule has 1 N–H and O–H groups in total. The van der Waals surface area contributed by atoms with Crippen LogP contribution in [0.2, 0.25) is 0 Å². The van der Waals surface area contributed by atoms with Gasteiger partial charge in [-0.15, -0.1) is 15.3 Å². The standard InChI is InChI=1S/C14H17N7/c1-11(12-5-3-2-4-6-12)9-13-10-21(20-15-13)8-7-14-16-18-19-17-14/h2-6,10-11H,7-9H2,1H3,(H,16,17,18,19). The molecular weight excluding hydrogens is 266 g/mol. The summed E-state index contributed by atoms with van der Waals surface area (Å²) in [6.07, 6.45) is 3.55. The molecule has 1 aromatic carbocycles. The predicted octanol–water partition coefficient (Wildman–Crippen LogP) is 1.38. The van der Waals surface area contributed by atoms with Crippen molar-refractivity contribution in [2.24, 2.45) is 0 Å². The third kappa shape index (κ3) is 3.50. The SMILES string of the molecule is CC(Cc1cn(CCc2nn[nH]n2)nn1)c1ccccc1. The molecule has 2 heterocycles. The van der Waals surface area contributed by atoms with Gasteiger partial charge in [0.25, 0.3) is 0 Å². The molecule has 1 atom stereocenters. The lowest BCUT2D eigenvalue weighted by Gasteiger charge is -2.09.